The predicted molar refractivity (Wildman–Crippen MR) is 154 cm³/mol. The standard InChI is InChI=1S/C34H52O6/c1-20(2)27(36)40-22-17-29(4,5)24-12-13-31(7)25(34(24,18-22)19-35)10-9-23-26-32(8,39)21(3)11-14-33(26,28(37)38)16-15-30(23,31)6/h9,18,20-21,24-26,35,39H,10-17,19H2,1-8H3,(H,37,38). The van der Waals surface area contributed by atoms with Gasteiger partial charge in [-0.25, -0.2) is 0 Å². The molecule has 3 saturated carbocycles. The van der Waals surface area contributed by atoms with Gasteiger partial charge in [-0.05, 0) is 91.9 Å². The normalized spacial score (nSPS) is 47.6. The summed E-state index contributed by atoms with van der Waals surface area (Å²) in [5.41, 5.74) is -2.13. The predicted octanol–water partition coefficient (Wildman–Crippen LogP) is 6.51. The smallest absolute Gasteiger partial charge is 0.313 e. The zero-order chi connectivity index (χ0) is 29.7. The van der Waals surface area contributed by atoms with Gasteiger partial charge >= 0.3 is 11.9 Å². The third kappa shape index (κ3) is 3.73. The minimum Gasteiger partial charge on any atom is -0.481 e. The molecular weight excluding hydrogens is 504 g/mol. The van der Waals surface area contributed by atoms with Crippen LogP contribution in [0.5, 0.6) is 0 Å². The van der Waals surface area contributed by atoms with E-state index in [-0.39, 0.29) is 52.5 Å². The molecule has 0 aromatic carbocycles. The van der Waals surface area contributed by atoms with E-state index >= 15 is 0 Å². The van der Waals surface area contributed by atoms with Gasteiger partial charge < -0.3 is 20.1 Å². The van der Waals surface area contributed by atoms with Crippen molar-refractivity contribution < 1.29 is 29.6 Å². The summed E-state index contributed by atoms with van der Waals surface area (Å²) in [5.74, 6) is -0.642. The second kappa shape index (κ2) is 9.17. The number of carbonyl (C=O) groups is 2. The molecule has 5 rings (SSSR count). The van der Waals surface area contributed by atoms with Crippen molar-refractivity contribution in [2.24, 2.45) is 56.7 Å². The molecule has 224 valence electrons. The van der Waals surface area contributed by atoms with Gasteiger partial charge in [0.15, 0.2) is 0 Å². The van der Waals surface area contributed by atoms with E-state index < -0.39 is 28.3 Å². The fourth-order valence-corrected chi connectivity index (χ4v) is 10.8. The van der Waals surface area contributed by atoms with Gasteiger partial charge in [-0.2, -0.15) is 0 Å². The third-order valence-corrected chi connectivity index (χ3v) is 13.4. The molecule has 9 unspecified atom stereocenters. The van der Waals surface area contributed by atoms with E-state index in [1.165, 1.54) is 0 Å². The molecule has 0 saturated heterocycles. The van der Waals surface area contributed by atoms with Crippen molar-refractivity contribution in [3.63, 3.8) is 0 Å². The number of rotatable bonds is 4. The van der Waals surface area contributed by atoms with E-state index in [2.05, 4.69) is 46.8 Å². The van der Waals surface area contributed by atoms with E-state index in [0.29, 0.717) is 37.9 Å². The Kier molecular flexibility index (Phi) is 6.83. The van der Waals surface area contributed by atoms with Crippen molar-refractivity contribution in [1.29, 1.82) is 0 Å². The van der Waals surface area contributed by atoms with Crippen molar-refractivity contribution in [3.05, 3.63) is 23.5 Å². The fourth-order valence-electron chi connectivity index (χ4n) is 10.8. The maximum atomic E-state index is 13.0. The number of ether oxygens (including phenoxy) is 1. The number of aliphatic hydroxyl groups is 2. The first-order valence-corrected chi connectivity index (χ1v) is 15.6. The molecule has 40 heavy (non-hydrogen) atoms. The molecule has 6 nitrogen and oxygen atoms in total. The second-order valence-electron chi connectivity index (χ2n) is 16.0. The number of aliphatic hydroxyl groups excluding tert-OH is 1. The van der Waals surface area contributed by atoms with E-state index in [1.807, 2.05) is 20.8 Å². The Labute approximate surface area is 240 Å². The van der Waals surface area contributed by atoms with Crippen molar-refractivity contribution in [2.75, 3.05) is 6.61 Å². The number of hydrogen-bond acceptors (Lipinski definition) is 5. The minimum absolute atomic E-state index is 0.0125. The van der Waals surface area contributed by atoms with Gasteiger partial charge in [-0.1, -0.05) is 60.1 Å². The van der Waals surface area contributed by atoms with Crippen LogP contribution in [0, 0.1) is 56.7 Å². The number of esters is 1. The zero-order valence-corrected chi connectivity index (χ0v) is 26.0. The van der Waals surface area contributed by atoms with Crippen LogP contribution in [-0.2, 0) is 14.3 Å². The second-order valence-corrected chi connectivity index (χ2v) is 16.0. The van der Waals surface area contributed by atoms with E-state index in [4.69, 9.17) is 4.74 Å². The van der Waals surface area contributed by atoms with Gasteiger partial charge in [-0.3, -0.25) is 9.59 Å². The molecule has 3 fully saturated rings. The molecule has 0 amide bonds. The maximum Gasteiger partial charge on any atom is 0.313 e. The maximum absolute atomic E-state index is 13.0. The largest absolute Gasteiger partial charge is 0.481 e. The molecule has 0 radical (unpaired) electrons. The Morgan fingerprint density at radius 3 is 2.30 bits per heavy atom. The number of fused-ring (bicyclic) bond motifs is 7. The molecule has 5 aliphatic rings. The first kappa shape index (κ1) is 29.8. The fraction of sp³-hybridized carbons (Fsp3) is 0.824. The number of carboxylic acid groups (broad SMARTS) is 1. The van der Waals surface area contributed by atoms with Crippen LogP contribution in [0.4, 0.5) is 0 Å². The van der Waals surface area contributed by atoms with Gasteiger partial charge in [0, 0.05) is 17.8 Å². The van der Waals surface area contributed by atoms with Crippen molar-refractivity contribution in [3.8, 4) is 0 Å². The highest BCUT2D eigenvalue weighted by atomic mass is 16.5. The van der Waals surface area contributed by atoms with Crippen LogP contribution >= 0.6 is 0 Å². The first-order chi connectivity index (χ1) is 18.4. The lowest BCUT2D eigenvalue weighted by atomic mass is 9.33. The number of carboxylic acids is 1. The molecule has 0 aliphatic heterocycles. The SMILES string of the molecule is CC(C)C(=O)OC1=CC2(CO)C(CCC3(C)C2CC=C2C4C(C(=O)O)(CCC(C)C4(C)O)CCC23C)C(C)(C)C1. The monoisotopic (exact) mass is 556 g/mol. The molecule has 5 aliphatic carbocycles. The molecule has 0 heterocycles. The molecule has 0 aromatic heterocycles. The van der Waals surface area contributed by atoms with Gasteiger partial charge in [0.25, 0.3) is 0 Å². The summed E-state index contributed by atoms with van der Waals surface area (Å²) >= 11 is 0. The average Bonchev–Trinajstić information content (AvgIpc) is 2.85. The molecule has 3 N–H and O–H groups in total. The zero-order valence-electron chi connectivity index (χ0n) is 26.0. The summed E-state index contributed by atoms with van der Waals surface area (Å²) in [6, 6.07) is 0. The first-order valence-electron chi connectivity index (χ1n) is 15.6. The van der Waals surface area contributed by atoms with Crippen LogP contribution in [0.1, 0.15) is 107 Å². The lowest BCUT2D eigenvalue weighted by Gasteiger charge is -2.71. The van der Waals surface area contributed by atoms with Crippen LogP contribution in [0.15, 0.2) is 23.5 Å². The molecular formula is C34H52O6. The van der Waals surface area contributed by atoms with Crippen molar-refractivity contribution in [1.82, 2.24) is 0 Å². The van der Waals surface area contributed by atoms with E-state index in [9.17, 15) is 24.9 Å². The van der Waals surface area contributed by atoms with Crippen LogP contribution in [-0.4, -0.2) is 39.5 Å². The Balaban J connectivity index is 1.66. The molecule has 6 heteroatoms. The van der Waals surface area contributed by atoms with E-state index in [1.54, 1.807) is 0 Å². The topological polar surface area (TPSA) is 104 Å². The highest BCUT2D eigenvalue weighted by Gasteiger charge is 2.71. The molecule has 0 spiro atoms. The number of aliphatic carboxylic acids is 1. The van der Waals surface area contributed by atoms with Crippen LogP contribution in [0.25, 0.3) is 0 Å². The average molecular weight is 557 g/mol. The summed E-state index contributed by atoms with van der Waals surface area (Å²) in [5, 5.41) is 33.9. The Hall–Kier alpha value is -1.66. The summed E-state index contributed by atoms with van der Waals surface area (Å²) in [6.07, 6.45) is 10.3. The Bertz CT molecular complexity index is 1150. The van der Waals surface area contributed by atoms with Crippen LogP contribution in [0.2, 0.25) is 0 Å². The highest BCUT2D eigenvalue weighted by Crippen LogP contribution is 2.75. The summed E-state index contributed by atoms with van der Waals surface area (Å²) < 4.78 is 5.96. The van der Waals surface area contributed by atoms with Crippen molar-refractivity contribution >= 4 is 11.9 Å². The van der Waals surface area contributed by atoms with Gasteiger partial charge in [0.05, 0.1) is 23.5 Å². The quantitative estimate of drug-likeness (QED) is 0.269. The van der Waals surface area contributed by atoms with Crippen LogP contribution in [0.3, 0.4) is 0 Å². The van der Waals surface area contributed by atoms with Crippen molar-refractivity contribution in [2.45, 2.75) is 112 Å². The van der Waals surface area contributed by atoms with Crippen LogP contribution < -0.4 is 0 Å². The van der Waals surface area contributed by atoms with Gasteiger partial charge in [0.2, 0.25) is 0 Å². The number of allylic oxidation sites excluding steroid dienone is 2. The lowest BCUT2D eigenvalue weighted by molar-refractivity contribution is -0.204. The number of hydrogen-bond donors (Lipinski definition) is 3. The van der Waals surface area contributed by atoms with E-state index in [0.717, 1.165) is 24.8 Å². The molecule has 0 bridgehead atoms. The third-order valence-electron chi connectivity index (χ3n) is 13.4. The lowest BCUT2D eigenvalue weighted by Crippen LogP contribution is -2.67. The summed E-state index contributed by atoms with van der Waals surface area (Å²) in [6.45, 7) is 16.8. The summed E-state index contributed by atoms with van der Waals surface area (Å²) in [7, 11) is 0. The van der Waals surface area contributed by atoms with Gasteiger partial charge in [0.1, 0.15) is 5.76 Å². The molecule has 0 aromatic rings. The summed E-state index contributed by atoms with van der Waals surface area (Å²) in [4.78, 5) is 25.6. The minimum atomic E-state index is -1.11. The highest BCUT2D eigenvalue weighted by molar-refractivity contribution is 5.77. The molecule has 9 atom stereocenters. The Morgan fingerprint density at radius 2 is 1.70 bits per heavy atom. The number of carbonyl (C=O) groups excluding carboxylic acids is 1. The van der Waals surface area contributed by atoms with Gasteiger partial charge in [-0.15, -0.1) is 0 Å². The Morgan fingerprint density at radius 1 is 1.02 bits per heavy atom.